The number of fused-ring (bicyclic) bond motifs is 1. The van der Waals surface area contributed by atoms with Crippen molar-refractivity contribution in [3.63, 3.8) is 0 Å². The maximum absolute atomic E-state index is 13.2. The molecule has 0 aromatic heterocycles. The van der Waals surface area contributed by atoms with E-state index in [0.29, 0.717) is 49.4 Å². The maximum Gasteiger partial charge on any atom is 0.228 e. The molecule has 152 valence electrons. The van der Waals surface area contributed by atoms with Crippen LogP contribution in [0, 0.1) is 5.92 Å². The third-order valence-electron chi connectivity index (χ3n) is 5.31. The van der Waals surface area contributed by atoms with Crippen LogP contribution in [0.25, 0.3) is 0 Å². The highest BCUT2D eigenvalue weighted by Gasteiger charge is 2.37. The number of nitrogens with zero attached hydrogens (tertiary/aromatic N) is 2. The number of hydrogen-bond acceptors (Lipinski definition) is 4. The van der Waals surface area contributed by atoms with Gasteiger partial charge in [-0.3, -0.25) is 9.59 Å². The van der Waals surface area contributed by atoms with Gasteiger partial charge in [0.1, 0.15) is 13.2 Å². The first-order valence-electron chi connectivity index (χ1n) is 9.79. The molecule has 0 spiro atoms. The Hall–Kier alpha value is -2.73. The molecule has 2 aromatic rings. The van der Waals surface area contributed by atoms with Crippen LogP contribution in [-0.4, -0.2) is 43.0 Å². The molecular weight excluding hydrogens is 392 g/mol. The summed E-state index contributed by atoms with van der Waals surface area (Å²) in [5.41, 5.74) is 1.68. The summed E-state index contributed by atoms with van der Waals surface area (Å²) < 4.78 is 11.4. The molecule has 6 nitrogen and oxygen atoms in total. The molecule has 2 aliphatic heterocycles. The first kappa shape index (κ1) is 19.6. The summed E-state index contributed by atoms with van der Waals surface area (Å²) in [5.74, 6) is 0.981. The molecule has 7 heteroatoms. The number of hydrogen-bond donors (Lipinski definition) is 0. The lowest BCUT2D eigenvalue weighted by Crippen LogP contribution is -2.37. The van der Waals surface area contributed by atoms with E-state index in [1.807, 2.05) is 25.1 Å². The van der Waals surface area contributed by atoms with Crippen molar-refractivity contribution in [2.45, 2.75) is 19.9 Å². The van der Waals surface area contributed by atoms with E-state index in [1.54, 1.807) is 34.1 Å². The molecule has 4 rings (SSSR count). The highest BCUT2D eigenvalue weighted by molar-refractivity contribution is 6.30. The summed E-state index contributed by atoms with van der Waals surface area (Å²) in [7, 11) is 0. The number of ether oxygens (including phenoxy) is 2. The van der Waals surface area contributed by atoms with Crippen molar-refractivity contribution in [3.8, 4) is 11.5 Å². The van der Waals surface area contributed by atoms with Crippen molar-refractivity contribution in [3.05, 3.63) is 53.1 Å². The molecule has 29 heavy (non-hydrogen) atoms. The number of carbonyl (C=O) groups excluding carboxylic acids is 2. The summed E-state index contributed by atoms with van der Waals surface area (Å²) in [5, 5.41) is 0.613. The molecule has 0 saturated carbocycles. The van der Waals surface area contributed by atoms with Gasteiger partial charge < -0.3 is 19.3 Å². The monoisotopic (exact) mass is 414 g/mol. The largest absolute Gasteiger partial charge is 0.486 e. The van der Waals surface area contributed by atoms with E-state index in [0.717, 1.165) is 11.3 Å². The third-order valence-corrected chi connectivity index (χ3v) is 5.57. The van der Waals surface area contributed by atoms with E-state index >= 15 is 0 Å². The molecule has 1 saturated heterocycles. The topological polar surface area (TPSA) is 59.1 Å². The Bertz CT molecular complexity index is 916. The number of benzene rings is 2. The molecule has 0 N–H and O–H groups in total. The van der Waals surface area contributed by atoms with E-state index in [1.165, 1.54) is 0 Å². The summed E-state index contributed by atoms with van der Waals surface area (Å²) >= 11 is 5.94. The lowest BCUT2D eigenvalue weighted by molar-refractivity contribution is -0.136. The van der Waals surface area contributed by atoms with Crippen LogP contribution in [0.2, 0.25) is 5.02 Å². The second kappa shape index (κ2) is 8.33. The minimum atomic E-state index is -0.366. The molecular formula is C22H23ClN2O4. The van der Waals surface area contributed by atoms with Crippen LogP contribution in [0.4, 0.5) is 5.69 Å². The van der Waals surface area contributed by atoms with Crippen LogP contribution in [0.3, 0.4) is 0 Å². The van der Waals surface area contributed by atoms with Crippen molar-refractivity contribution >= 4 is 29.1 Å². The Morgan fingerprint density at radius 2 is 1.93 bits per heavy atom. The third kappa shape index (κ3) is 4.03. The van der Waals surface area contributed by atoms with Crippen LogP contribution in [0.5, 0.6) is 11.5 Å². The molecule has 2 aromatic carbocycles. The average molecular weight is 415 g/mol. The normalized spacial score (nSPS) is 18.1. The Kier molecular flexibility index (Phi) is 5.62. The van der Waals surface area contributed by atoms with E-state index in [2.05, 4.69) is 0 Å². The predicted octanol–water partition coefficient (Wildman–Crippen LogP) is 3.51. The van der Waals surface area contributed by atoms with Gasteiger partial charge in [0.05, 0.1) is 5.92 Å². The SMILES string of the molecule is CCN(Cc1cccc2c1OCCO2)C(=O)C1CC(=O)N(c2ccc(Cl)cc2)C1. The highest BCUT2D eigenvalue weighted by atomic mass is 35.5. The van der Waals surface area contributed by atoms with Crippen LogP contribution in [0.15, 0.2) is 42.5 Å². The molecule has 0 radical (unpaired) electrons. The first-order valence-corrected chi connectivity index (χ1v) is 10.2. The van der Waals surface area contributed by atoms with Gasteiger partial charge in [-0.15, -0.1) is 0 Å². The lowest BCUT2D eigenvalue weighted by Gasteiger charge is -2.27. The van der Waals surface area contributed by atoms with E-state index in [4.69, 9.17) is 21.1 Å². The van der Waals surface area contributed by atoms with Gasteiger partial charge in [0.2, 0.25) is 11.8 Å². The second-order valence-electron chi connectivity index (χ2n) is 7.18. The van der Waals surface area contributed by atoms with Crippen molar-refractivity contribution in [2.75, 3.05) is 31.2 Å². The fourth-order valence-corrected chi connectivity index (χ4v) is 3.94. The smallest absolute Gasteiger partial charge is 0.228 e. The second-order valence-corrected chi connectivity index (χ2v) is 7.61. The van der Waals surface area contributed by atoms with Gasteiger partial charge in [-0.2, -0.15) is 0 Å². The fraction of sp³-hybridized carbons (Fsp3) is 0.364. The Balaban J connectivity index is 1.48. The minimum Gasteiger partial charge on any atom is -0.486 e. The minimum absolute atomic E-state index is 0.0216. The van der Waals surface area contributed by atoms with Gasteiger partial charge in [0.25, 0.3) is 0 Å². The molecule has 2 aliphatic rings. The molecule has 0 aliphatic carbocycles. The molecule has 2 heterocycles. The summed E-state index contributed by atoms with van der Waals surface area (Å²) in [6.45, 7) is 4.32. The first-order chi connectivity index (χ1) is 14.1. The van der Waals surface area contributed by atoms with Crippen molar-refractivity contribution in [1.29, 1.82) is 0 Å². The Morgan fingerprint density at radius 1 is 1.17 bits per heavy atom. The van der Waals surface area contributed by atoms with E-state index < -0.39 is 0 Å². The molecule has 0 bridgehead atoms. The average Bonchev–Trinajstić information content (AvgIpc) is 3.14. The number of carbonyl (C=O) groups is 2. The predicted molar refractivity (Wildman–Crippen MR) is 110 cm³/mol. The van der Waals surface area contributed by atoms with Crippen LogP contribution >= 0.6 is 11.6 Å². The van der Waals surface area contributed by atoms with Crippen molar-refractivity contribution in [2.24, 2.45) is 5.92 Å². The lowest BCUT2D eigenvalue weighted by atomic mass is 10.1. The number of amides is 2. The van der Waals surface area contributed by atoms with E-state index in [-0.39, 0.29) is 24.2 Å². The molecule has 1 fully saturated rings. The standard InChI is InChI=1S/C22H23ClN2O4/c1-2-24(13-15-4-3-5-19-21(15)29-11-10-28-19)22(27)16-12-20(26)25(14-16)18-8-6-17(23)7-9-18/h3-9,16H,2,10-14H2,1H3. The maximum atomic E-state index is 13.2. The van der Waals surface area contributed by atoms with Gasteiger partial charge in [-0.05, 0) is 37.3 Å². The molecule has 1 atom stereocenters. The van der Waals surface area contributed by atoms with Gasteiger partial charge in [-0.25, -0.2) is 0 Å². The van der Waals surface area contributed by atoms with Crippen LogP contribution in [0.1, 0.15) is 18.9 Å². The van der Waals surface area contributed by atoms with Gasteiger partial charge in [0.15, 0.2) is 11.5 Å². The zero-order chi connectivity index (χ0) is 20.4. The molecule has 2 amide bonds. The van der Waals surface area contributed by atoms with E-state index in [9.17, 15) is 9.59 Å². The van der Waals surface area contributed by atoms with Crippen LogP contribution < -0.4 is 14.4 Å². The number of para-hydroxylation sites is 1. The fourth-order valence-electron chi connectivity index (χ4n) is 3.81. The summed E-state index contributed by atoms with van der Waals surface area (Å²) in [4.78, 5) is 29.1. The summed E-state index contributed by atoms with van der Waals surface area (Å²) in [6, 6.07) is 12.8. The van der Waals surface area contributed by atoms with Gasteiger partial charge in [-0.1, -0.05) is 23.7 Å². The van der Waals surface area contributed by atoms with Gasteiger partial charge in [0, 0.05) is 42.3 Å². The zero-order valence-corrected chi connectivity index (χ0v) is 17.0. The van der Waals surface area contributed by atoms with Crippen molar-refractivity contribution < 1.29 is 19.1 Å². The molecule has 1 unspecified atom stereocenters. The summed E-state index contributed by atoms with van der Waals surface area (Å²) in [6.07, 6.45) is 0.213. The number of halogens is 1. The number of anilines is 1. The van der Waals surface area contributed by atoms with Crippen LogP contribution in [-0.2, 0) is 16.1 Å². The Morgan fingerprint density at radius 3 is 2.69 bits per heavy atom. The Labute approximate surface area is 174 Å². The number of rotatable bonds is 5. The quantitative estimate of drug-likeness (QED) is 0.751. The zero-order valence-electron chi connectivity index (χ0n) is 16.3. The van der Waals surface area contributed by atoms with Gasteiger partial charge >= 0.3 is 0 Å². The highest BCUT2D eigenvalue weighted by Crippen LogP contribution is 2.35. The van der Waals surface area contributed by atoms with Crippen molar-refractivity contribution in [1.82, 2.24) is 4.90 Å².